The van der Waals surface area contributed by atoms with E-state index in [4.69, 9.17) is 4.74 Å². The van der Waals surface area contributed by atoms with Gasteiger partial charge in [0.05, 0.1) is 23.8 Å². The summed E-state index contributed by atoms with van der Waals surface area (Å²) >= 11 is 0. The lowest BCUT2D eigenvalue weighted by Gasteiger charge is -2.09. The van der Waals surface area contributed by atoms with E-state index >= 15 is 0 Å². The van der Waals surface area contributed by atoms with Gasteiger partial charge in [-0.15, -0.1) is 0 Å². The van der Waals surface area contributed by atoms with Crippen molar-refractivity contribution in [1.29, 1.82) is 5.26 Å². The van der Waals surface area contributed by atoms with Gasteiger partial charge in [0.15, 0.2) is 0 Å². The number of aromatic nitrogens is 1. The number of fused-ring (bicyclic) bond motifs is 1. The molecule has 0 aliphatic rings. The Morgan fingerprint density at radius 2 is 2.00 bits per heavy atom. The van der Waals surface area contributed by atoms with Gasteiger partial charge in [0.25, 0.3) is 0 Å². The molecule has 1 heterocycles. The third-order valence-electron chi connectivity index (χ3n) is 3.49. The lowest BCUT2D eigenvalue weighted by atomic mass is 9.97. The van der Waals surface area contributed by atoms with Crippen LogP contribution in [-0.4, -0.2) is 12.1 Å². The summed E-state index contributed by atoms with van der Waals surface area (Å²) in [6, 6.07) is 18.1. The third-order valence-corrected chi connectivity index (χ3v) is 3.49. The molecule has 3 aromatic rings. The van der Waals surface area contributed by atoms with Gasteiger partial charge in [0.2, 0.25) is 0 Å². The molecule has 0 saturated heterocycles. The lowest BCUT2D eigenvalue weighted by molar-refractivity contribution is 0.184. The maximum atomic E-state index is 9.31. The first kappa shape index (κ1) is 13.3. The summed E-state index contributed by atoms with van der Waals surface area (Å²) in [4.78, 5) is 4.37. The average Bonchev–Trinajstić information content (AvgIpc) is 2.55. The van der Waals surface area contributed by atoms with Crippen molar-refractivity contribution < 1.29 is 4.74 Å². The van der Waals surface area contributed by atoms with Crippen LogP contribution >= 0.6 is 0 Å². The summed E-state index contributed by atoms with van der Waals surface area (Å²) in [5.41, 5.74) is 4.61. The Bertz CT molecular complexity index is 829. The Labute approximate surface area is 123 Å². The van der Waals surface area contributed by atoms with Gasteiger partial charge in [-0.3, -0.25) is 4.98 Å². The molecule has 0 saturated carbocycles. The van der Waals surface area contributed by atoms with Crippen molar-refractivity contribution in [2.75, 3.05) is 7.11 Å². The van der Waals surface area contributed by atoms with Crippen LogP contribution in [0.5, 0.6) is 0 Å². The lowest BCUT2D eigenvalue weighted by Crippen LogP contribution is -1.93. The molecule has 0 amide bonds. The Kier molecular flexibility index (Phi) is 3.63. The summed E-state index contributed by atoms with van der Waals surface area (Å²) < 4.78 is 5.13. The number of para-hydroxylation sites is 1. The molecule has 21 heavy (non-hydrogen) atoms. The zero-order chi connectivity index (χ0) is 14.7. The number of nitrogens with zero attached hydrogens (tertiary/aromatic N) is 2. The van der Waals surface area contributed by atoms with Crippen molar-refractivity contribution in [2.24, 2.45) is 0 Å². The van der Waals surface area contributed by atoms with Crippen molar-refractivity contribution in [3.05, 3.63) is 65.9 Å². The molecule has 3 nitrogen and oxygen atoms in total. The van der Waals surface area contributed by atoms with Crippen LogP contribution in [0.1, 0.15) is 11.1 Å². The SMILES string of the molecule is COCc1ccc(-c2ccnc3ccccc23)cc1C#N. The standard InChI is InChI=1S/C18H14N2O/c1-21-12-14-7-6-13(10-15(14)11-19)16-8-9-20-18-5-3-2-4-17(16)18/h2-10H,12H2,1H3. The smallest absolute Gasteiger partial charge is 0.0995 e. The molecule has 102 valence electrons. The predicted octanol–water partition coefficient (Wildman–Crippen LogP) is 3.92. The second-order valence-corrected chi connectivity index (χ2v) is 4.79. The van der Waals surface area contributed by atoms with E-state index in [9.17, 15) is 5.26 Å². The van der Waals surface area contributed by atoms with Gasteiger partial charge >= 0.3 is 0 Å². The van der Waals surface area contributed by atoms with Gasteiger partial charge < -0.3 is 4.74 Å². The van der Waals surface area contributed by atoms with Crippen molar-refractivity contribution in [3.63, 3.8) is 0 Å². The van der Waals surface area contributed by atoms with Gasteiger partial charge in [-0.2, -0.15) is 5.26 Å². The minimum atomic E-state index is 0.445. The number of methoxy groups -OCH3 is 1. The Balaban J connectivity index is 2.17. The van der Waals surface area contributed by atoms with Crippen LogP contribution < -0.4 is 0 Å². The summed E-state index contributed by atoms with van der Waals surface area (Å²) in [7, 11) is 1.63. The number of benzene rings is 2. The summed E-state index contributed by atoms with van der Waals surface area (Å²) in [6.07, 6.45) is 1.80. The first-order valence-electron chi connectivity index (χ1n) is 6.69. The van der Waals surface area contributed by atoms with Crippen LogP contribution in [0.2, 0.25) is 0 Å². The van der Waals surface area contributed by atoms with Crippen molar-refractivity contribution in [2.45, 2.75) is 6.61 Å². The fourth-order valence-corrected chi connectivity index (χ4v) is 2.48. The number of rotatable bonds is 3. The molecule has 0 bridgehead atoms. The number of hydrogen-bond donors (Lipinski definition) is 0. The Hall–Kier alpha value is -2.70. The van der Waals surface area contributed by atoms with Crippen LogP contribution in [0.15, 0.2) is 54.7 Å². The molecule has 0 fully saturated rings. The minimum absolute atomic E-state index is 0.445. The monoisotopic (exact) mass is 274 g/mol. The van der Waals surface area contributed by atoms with Crippen molar-refractivity contribution >= 4 is 10.9 Å². The maximum absolute atomic E-state index is 9.31. The Morgan fingerprint density at radius 3 is 2.81 bits per heavy atom. The molecule has 1 aromatic heterocycles. The number of pyridine rings is 1. The van der Waals surface area contributed by atoms with E-state index in [0.29, 0.717) is 12.2 Å². The van der Waals surface area contributed by atoms with Gasteiger partial charge in [-0.25, -0.2) is 0 Å². The quantitative estimate of drug-likeness (QED) is 0.727. The van der Waals surface area contributed by atoms with Gasteiger partial charge in [0.1, 0.15) is 0 Å². The van der Waals surface area contributed by atoms with Gasteiger partial charge in [-0.1, -0.05) is 30.3 Å². The van der Waals surface area contributed by atoms with E-state index in [1.807, 2.05) is 48.5 Å². The molecule has 3 heteroatoms. The molecular formula is C18H14N2O. The van der Waals surface area contributed by atoms with E-state index in [2.05, 4.69) is 11.1 Å². The summed E-state index contributed by atoms with van der Waals surface area (Å²) in [5, 5.41) is 10.4. The molecule has 3 rings (SSSR count). The van der Waals surface area contributed by atoms with Crippen LogP contribution in [0, 0.1) is 11.3 Å². The van der Waals surface area contributed by atoms with Crippen LogP contribution in [0.4, 0.5) is 0 Å². The average molecular weight is 274 g/mol. The van der Waals surface area contributed by atoms with Crippen molar-refractivity contribution in [3.8, 4) is 17.2 Å². The van der Waals surface area contributed by atoms with Crippen molar-refractivity contribution in [1.82, 2.24) is 4.98 Å². The van der Waals surface area contributed by atoms with Gasteiger partial charge in [0, 0.05) is 18.7 Å². The molecule has 0 N–H and O–H groups in total. The van der Waals surface area contributed by atoms with E-state index < -0.39 is 0 Å². The summed E-state index contributed by atoms with van der Waals surface area (Å²) in [6.45, 7) is 0.445. The van der Waals surface area contributed by atoms with E-state index in [-0.39, 0.29) is 0 Å². The molecule has 0 aliphatic heterocycles. The van der Waals surface area contributed by atoms with E-state index in [0.717, 1.165) is 27.6 Å². The highest BCUT2D eigenvalue weighted by atomic mass is 16.5. The molecule has 0 aliphatic carbocycles. The maximum Gasteiger partial charge on any atom is 0.0995 e. The highest BCUT2D eigenvalue weighted by Gasteiger charge is 2.08. The van der Waals surface area contributed by atoms with Crippen LogP contribution in [0.25, 0.3) is 22.0 Å². The fourth-order valence-electron chi connectivity index (χ4n) is 2.48. The first-order valence-corrected chi connectivity index (χ1v) is 6.69. The van der Waals surface area contributed by atoms with E-state index in [1.54, 1.807) is 13.3 Å². The zero-order valence-electron chi connectivity index (χ0n) is 11.7. The van der Waals surface area contributed by atoms with Gasteiger partial charge in [-0.05, 0) is 34.9 Å². The second-order valence-electron chi connectivity index (χ2n) is 4.79. The summed E-state index contributed by atoms with van der Waals surface area (Å²) in [5.74, 6) is 0. The predicted molar refractivity (Wildman–Crippen MR) is 82.6 cm³/mol. The third kappa shape index (κ3) is 2.49. The second kappa shape index (κ2) is 5.74. The highest BCUT2D eigenvalue weighted by Crippen LogP contribution is 2.28. The largest absolute Gasteiger partial charge is 0.380 e. The first-order chi connectivity index (χ1) is 10.3. The molecule has 0 spiro atoms. The normalized spacial score (nSPS) is 10.5. The minimum Gasteiger partial charge on any atom is -0.380 e. The zero-order valence-corrected chi connectivity index (χ0v) is 11.7. The number of hydrogen-bond acceptors (Lipinski definition) is 3. The number of ether oxygens (including phenoxy) is 1. The molecule has 2 aromatic carbocycles. The molecule has 0 atom stereocenters. The van der Waals surface area contributed by atoms with E-state index in [1.165, 1.54) is 0 Å². The highest BCUT2D eigenvalue weighted by molar-refractivity contribution is 5.94. The molecule has 0 unspecified atom stereocenters. The topological polar surface area (TPSA) is 45.9 Å². The molecular weight excluding hydrogens is 260 g/mol. The number of nitriles is 1. The molecule has 0 radical (unpaired) electrons. The Morgan fingerprint density at radius 1 is 1.14 bits per heavy atom. The van der Waals surface area contributed by atoms with Crippen LogP contribution in [0.3, 0.4) is 0 Å². The van der Waals surface area contributed by atoms with Crippen LogP contribution in [-0.2, 0) is 11.3 Å². The fraction of sp³-hybridized carbons (Fsp3) is 0.111.